The van der Waals surface area contributed by atoms with Crippen LogP contribution in [0.15, 0.2) is 18.2 Å². The number of aromatic carboxylic acids is 1. The van der Waals surface area contributed by atoms with Gasteiger partial charge in [-0.2, -0.15) is 0 Å². The molecule has 1 aromatic carbocycles. The van der Waals surface area contributed by atoms with Crippen molar-refractivity contribution in [3.8, 4) is 5.75 Å². The van der Waals surface area contributed by atoms with Gasteiger partial charge in [-0.15, -0.1) is 0 Å². The summed E-state index contributed by atoms with van der Waals surface area (Å²) in [4.78, 5) is 24.4. The zero-order valence-electron chi connectivity index (χ0n) is 11.7. The number of nitrogens with zero attached hydrogens (tertiary/aromatic N) is 1. The summed E-state index contributed by atoms with van der Waals surface area (Å²) in [6.07, 6.45) is 1.01. The maximum absolute atomic E-state index is 12.0. The first-order chi connectivity index (χ1) is 9.78. The SMILES string of the molecule is CC1(O)CCN(C(=O)Nc2ccc(C(=O)O)c(O)c2)CC1. The molecule has 1 aliphatic rings. The summed E-state index contributed by atoms with van der Waals surface area (Å²) in [6.45, 7) is 2.63. The maximum Gasteiger partial charge on any atom is 0.339 e. The Labute approximate surface area is 121 Å². The molecule has 1 saturated heterocycles. The molecule has 7 heteroatoms. The number of carbonyl (C=O) groups is 2. The molecule has 1 aromatic rings. The molecule has 1 fully saturated rings. The van der Waals surface area contributed by atoms with Crippen molar-refractivity contribution in [1.29, 1.82) is 0 Å². The fourth-order valence-electron chi connectivity index (χ4n) is 2.18. The summed E-state index contributed by atoms with van der Waals surface area (Å²) in [6, 6.07) is 3.50. The van der Waals surface area contributed by atoms with E-state index in [0.29, 0.717) is 31.6 Å². The van der Waals surface area contributed by atoms with Gasteiger partial charge in [0.15, 0.2) is 0 Å². The summed E-state index contributed by atoms with van der Waals surface area (Å²) in [5, 5.41) is 30.8. The van der Waals surface area contributed by atoms with Crippen LogP contribution < -0.4 is 5.32 Å². The lowest BCUT2D eigenvalue weighted by molar-refractivity contribution is 0.00569. The van der Waals surface area contributed by atoms with Crippen LogP contribution in [0.4, 0.5) is 10.5 Å². The third kappa shape index (κ3) is 3.63. The van der Waals surface area contributed by atoms with Gasteiger partial charge in [-0.1, -0.05) is 0 Å². The average Bonchev–Trinajstić information content (AvgIpc) is 2.38. The predicted octanol–water partition coefficient (Wildman–Crippen LogP) is 1.47. The van der Waals surface area contributed by atoms with E-state index in [4.69, 9.17) is 5.11 Å². The van der Waals surface area contributed by atoms with Gasteiger partial charge in [0.2, 0.25) is 0 Å². The van der Waals surface area contributed by atoms with Gasteiger partial charge in [0.25, 0.3) is 0 Å². The molecule has 0 bridgehead atoms. The van der Waals surface area contributed by atoms with Crippen molar-refractivity contribution in [1.82, 2.24) is 4.90 Å². The van der Waals surface area contributed by atoms with Crippen LogP contribution in [0.5, 0.6) is 5.75 Å². The monoisotopic (exact) mass is 294 g/mol. The standard InChI is InChI=1S/C14H18N2O5/c1-14(21)4-6-16(7-5-14)13(20)15-9-2-3-10(12(18)19)11(17)8-9/h2-3,8,17,21H,4-7H2,1H3,(H,15,20)(H,18,19). The molecule has 4 N–H and O–H groups in total. The smallest absolute Gasteiger partial charge is 0.339 e. The van der Waals surface area contributed by atoms with Crippen LogP contribution in [-0.4, -0.2) is 50.9 Å². The third-order valence-corrected chi connectivity index (χ3v) is 3.61. The van der Waals surface area contributed by atoms with E-state index < -0.39 is 17.3 Å². The Balaban J connectivity index is 2.00. The number of aliphatic hydroxyl groups is 1. The normalized spacial score (nSPS) is 17.3. The van der Waals surface area contributed by atoms with Crippen LogP contribution in [0, 0.1) is 0 Å². The number of aromatic hydroxyl groups is 1. The molecule has 7 nitrogen and oxygen atoms in total. The van der Waals surface area contributed by atoms with E-state index in [-0.39, 0.29) is 11.6 Å². The number of anilines is 1. The van der Waals surface area contributed by atoms with E-state index in [1.807, 2.05) is 0 Å². The van der Waals surface area contributed by atoms with Crippen molar-refractivity contribution >= 4 is 17.7 Å². The van der Waals surface area contributed by atoms with E-state index in [0.717, 1.165) is 0 Å². The number of rotatable bonds is 2. The molecule has 2 rings (SSSR count). The molecule has 1 aliphatic heterocycles. The number of hydrogen-bond acceptors (Lipinski definition) is 4. The number of carboxylic acid groups (broad SMARTS) is 1. The minimum atomic E-state index is -1.23. The largest absolute Gasteiger partial charge is 0.507 e. The fourth-order valence-corrected chi connectivity index (χ4v) is 2.18. The van der Waals surface area contributed by atoms with Crippen molar-refractivity contribution in [3.63, 3.8) is 0 Å². The molecule has 1 heterocycles. The number of nitrogens with one attached hydrogen (secondary N) is 1. The fraction of sp³-hybridized carbons (Fsp3) is 0.429. The van der Waals surface area contributed by atoms with Crippen molar-refractivity contribution in [2.24, 2.45) is 0 Å². The Morgan fingerprint density at radius 1 is 1.29 bits per heavy atom. The minimum absolute atomic E-state index is 0.220. The lowest BCUT2D eigenvalue weighted by Gasteiger charge is -2.35. The summed E-state index contributed by atoms with van der Waals surface area (Å²) < 4.78 is 0. The summed E-state index contributed by atoms with van der Waals surface area (Å²) >= 11 is 0. The average molecular weight is 294 g/mol. The number of benzene rings is 1. The lowest BCUT2D eigenvalue weighted by atomic mass is 9.94. The summed E-state index contributed by atoms with van der Waals surface area (Å²) in [7, 11) is 0. The molecule has 2 amide bonds. The van der Waals surface area contributed by atoms with Crippen molar-refractivity contribution < 1.29 is 24.9 Å². The highest BCUT2D eigenvalue weighted by atomic mass is 16.4. The zero-order valence-corrected chi connectivity index (χ0v) is 11.7. The third-order valence-electron chi connectivity index (χ3n) is 3.61. The molecule has 0 aliphatic carbocycles. The second-order valence-electron chi connectivity index (χ2n) is 5.45. The first-order valence-electron chi connectivity index (χ1n) is 6.63. The van der Waals surface area contributed by atoms with Crippen LogP contribution in [-0.2, 0) is 0 Å². The second kappa shape index (κ2) is 5.61. The highest BCUT2D eigenvalue weighted by Gasteiger charge is 2.29. The first-order valence-corrected chi connectivity index (χ1v) is 6.63. The molecule has 0 radical (unpaired) electrons. The van der Waals surface area contributed by atoms with Gasteiger partial charge in [-0.25, -0.2) is 9.59 Å². The maximum atomic E-state index is 12.0. The Kier molecular flexibility index (Phi) is 4.04. The van der Waals surface area contributed by atoms with Gasteiger partial charge in [-0.3, -0.25) is 0 Å². The van der Waals surface area contributed by atoms with E-state index >= 15 is 0 Å². The number of phenols is 1. The number of carboxylic acids is 1. The van der Waals surface area contributed by atoms with Crippen molar-refractivity contribution in [2.75, 3.05) is 18.4 Å². The van der Waals surface area contributed by atoms with E-state index in [1.54, 1.807) is 11.8 Å². The molecule has 0 atom stereocenters. The van der Waals surface area contributed by atoms with Gasteiger partial charge < -0.3 is 25.5 Å². The van der Waals surface area contributed by atoms with Crippen LogP contribution in [0.3, 0.4) is 0 Å². The predicted molar refractivity (Wildman–Crippen MR) is 75.5 cm³/mol. The number of piperidine rings is 1. The Morgan fingerprint density at radius 3 is 2.43 bits per heavy atom. The molecule has 0 spiro atoms. The molecular formula is C14H18N2O5. The lowest BCUT2D eigenvalue weighted by Crippen LogP contribution is -2.46. The quantitative estimate of drug-likeness (QED) is 0.660. The molecule has 21 heavy (non-hydrogen) atoms. The van der Waals surface area contributed by atoms with E-state index in [2.05, 4.69) is 5.32 Å². The highest BCUT2D eigenvalue weighted by Crippen LogP contribution is 2.24. The molecular weight excluding hydrogens is 276 g/mol. The highest BCUT2D eigenvalue weighted by molar-refractivity contribution is 5.94. The van der Waals surface area contributed by atoms with Crippen LogP contribution in [0.2, 0.25) is 0 Å². The van der Waals surface area contributed by atoms with E-state index in [1.165, 1.54) is 18.2 Å². The van der Waals surface area contributed by atoms with Crippen molar-refractivity contribution in [3.05, 3.63) is 23.8 Å². The van der Waals surface area contributed by atoms with Crippen molar-refractivity contribution in [2.45, 2.75) is 25.4 Å². The van der Waals surface area contributed by atoms with Crippen LogP contribution in [0.1, 0.15) is 30.1 Å². The summed E-state index contributed by atoms with van der Waals surface area (Å²) in [5.41, 5.74) is -0.639. The molecule has 114 valence electrons. The number of amides is 2. The van der Waals surface area contributed by atoms with Gasteiger partial charge in [0.05, 0.1) is 5.60 Å². The zero-order chi connectivity index (χ0) is 15.6. The summed E-state index contributed by atoms with van der Waals surface area (Å²) in [5.74, 6) is -1.63. The number of carbonyl (C=O) groups excluding carboxylic acids is 1. The van der Waals surface area contributed by atoms with Crippen LogP contribution in [0.25, 0.3) is 0 Å². The minimum Gasteiger partial charge on any atom is -0.507 e. The first kappa shape index (κ1) is 15.1. The topological polar surface area (TPSA) is 110 Å². The van der Waals surface area contributed by atoms with Gasteiger partial charge in [0.1, 0.15) is 11.3 Å². The molecule has 0 unspecified atom stereocenters. The Hall–Kier alpha value is -2.28. The van der Waals surface area contributed by atoms with Gasteiger partial charge >= 0.3 is 12.0 Å². The molecule has 0 saturated carbocycles. The number of likely N-dealkylation sites (tertiary alicyclic amines) is 1. The van der Waals surface area contributed by atoms with Crippen LogP contribution >= 0.6 is 0 Å². The Morgan fingerprint density at radius 2 is 1.90 bits per heavy atom. The van der Waals surface area contributed by atoms with Gasteiger partial charge in [0, 0.05) is 24.8 Å². The number of hydrogen-bond donors (Lipinski definition) is 4. The van der Waals surface area contributed by atoms with E-state index in [9.17, 15) is 19.8 Å². The number of urea groups is 1. The second-order valence-corrected chi connectivity index (χ2v) is 5.45. The molecule has 0 aromatic heterocycles. The Bertz CT molecular complexity index is 560. The van der Waals surface area contributed by atoms with Gasteiger partial charge in [-0.05, 0) is 31.9 Å².